The number of imidazole rings is 1. The highest BCUT2D eigenvalue weighted by Crippen LogP contribution is 2.27. The highest BCUT2D eigenvalue weighted by molar-refractivity contribution is 5.72. The van der Waals surface area contributed by atoms with Crippen molar-refractivity contribution in [2.24, 2.45) is 0 Å². The van der Waals surface area contributed by atoms with Crippen LogP contribution >= 0.6 is 0 Å². The van der Waals surface area contributed by atoms with E-state index >= 15 is 0 Å². The number of hydrogen-bond donors (Lipinski definition) is 0. The van der Waals surface area contributed by atoms with E-state index in [1.807, 2.05) is 33.5 Å². The van der Waals surface area contributed by atoms with Gasteiger partial charge in [-0.25, -0.2) is 4.79 Å². The monoisotopic (exact) mass is 416 g/mol. The van der Waals surface area contributed by atoms with Gasteiger partial charge in [0.15, 0.2) is 0 Å². The van der Waals surface area contributed by atoms with E-state index in [-0.39, 0.29) is 11.1 Å². The molecule has 0 aliphatic carbocycles. The second-order valence-corrected chi connectivity index (χ2v) is 8.79. The van der Waals surface area contributed by atoms with E-state index in [1.54, 1.807) is 11.0 Å². The van der Waals surface area contributed by atoms with Crippen molar-refractivity contribution in [3.8, 4) is 16.8 Å². The van der Waals surface area contributed by atoms with E-state index in [0.29, 0.717) is 6.54 Å². The van der Waals surface area contributed by atoms with Crippen molar-refractivity contribution >= 4 is 0 Å². The molecular weight excluding hydrogens is 388 g/mol. The number of aryl methyl sites for hydroxylation is 1. The largest absolute Gasteiger partial charge is 0.328 e. The number of nitrogens with zero attached hydrogens (tertiary/aromatic N) is 6. The third kappa shape index (κ3) is 4.21. The predicted octanol–water partition coefficient (Wildman–Crippen LogP) is 4.05. The Morgan fingerprint density at radius 3 is 2.39 bits per heavy atom. The molecule has 0 amide bonds. The van der Waals surface area contributed by atoms with Crippen molar-refractivity contribution in [3.05, 3.63) is 82.8 Å². The molecule has 0 aliphatic rings. The fourth-order valence-corrected chi connectivity index (χ4v) is 3.84. The van der Waals surface area contributed by atoms with Gasteiger partial charge >= 0.3 is 5.69 Å². The number of para-hydroxylation sites is 1. The molecule has 2 aromatic heterocycles. The average molecular weight is 417 g/mol. The number of hydrogen-bond acceptors (Lipinski definition) is 4. The first-order valence-electron chi connectivity index (χ1n) is 10.6. The molecule has 0 saturated heterocycles. The Kier molecular flexibility index (Phi) is 5.59. The lowest BCUT2D eigenvalue weighted by Gasteiger charge is -2.20. The van der Waals surface area contributed by atoms with E-state index in [4.69, 9.17) is 0 Å². The standard InChI is InChI=1S/C24H28N6O/c1-5-14-28-16-22(24(2,3)4)29(23(28)31)15-18-10-12-19(13-11-18)20-8-6-7-9-21(20)30-17-25-26-27-30/h6-13,16-17H,5,14-15H2,1-4H3. The molecule has 0 spiro atoms. The summed E-state index contributed by atoms with van der Waals surface area (Å²) in [6, 6.07) is 16.4. The van der Waals surface area contributed by atoms with Gasteiger partial charge in [-0.1, -0.05) is 70.2 Å². The van der Waals surface area contributed by atoms with Crippen LogP contribution in [0.3, 0.4) is 0 Å². The van der Waals surface area contributed by atoms with Gasteiger partial charge in [-0.15, -0.1) is 5.10 Å². The van der Waals surface area contributed by atoms with Crippen LogP contribution in [0.4, 0.5) is 0 Å². The van der Waals surface area contributed by atoms with Crippen LogP contribution in [-0.2, 0) is 18.5 Å². The second-order valence-electron chi connectivity index (χ2n) is 8.79. The molecule has 4 rings (SSSR count). The molecule has 0 unspecified atom stereocenters. The lowest BCUT2D eigenvalue weighted by molar-refractivity contribution is 0.525. The van der Waals surface area contributed by atoms with E-state index in [1.165, 1.54) is 0 Å². The normalized spacial score (nSPS) is 11.7. The molecule has 0 bridgehead atoms. The predicted molar refractivity (Wildman–Crippen MR) is 121 cm³/mol. The Morgan fingerprint density at radius 1 is 1.00 bits per heavy atom. The lowest BCUT2D eigenvalue weighted by atomic mass is 9.92. The van der Waals surface area contributed by atoms with Crippen LogP contribution in [-0.4, -0.2) is 29.3 Å². The molecule has 7 nitrogen and oxygen atoms in total. The molecule has 0 radical (unpaired) electrons. The molecule has 160 valence electrons. The summed E-state index contributed by atoms with van der Waals surface area (Å²) in [4.78, 5) is 13.0. The fraction of sp³-hybridized carbons (Fsp3) is 0.333. The van der Waals surface area contributed by atoms with Gasteiger partial charge in [0.05, 0.1) is 12.2 Å². The number of aromatic nitrogens is 6. The minimum absolute atomic E-state index is 0.0554. The number of tetrazole rings is 1. The van der Waals surface area contributed by atoms with Crippen molar-refractivity contribution in [3.63, 3.8) is 0 Å². The summed E-state index contributed by atoms with van der Waals surface area (Å²) in [5, 5.41) is 11.5. The van der Waals surface area contributed by atoms with Gasteiger partial charge < -0.3 is 0 Å². The van der Waals surface area contributed by atoms with Crippen molar-refractivity contribution in [1.29, 1.82) is 0 Å². The van der Waals surface area contributed by atoms with Crippen LogP contribution in [0.5, 0.6) is 0 Å². The van der Waals surface area contributed by atoms with Gasteiger partial charge in [-0.3, -0.25) is 9.13 Å². The van der Waals surface area contributed by atoms with Crippen LogP contribution in [0.15, 0.2) is 65.8 Å². The van der Waals surface area contributed by atoms with Crippen molar-refractivity contribution < 1.29 is 0 Å². The lowest BCUT2D eigenvalue weighted by Crippen LogP contribution is -2.28. The highest BCUT2D eigenvalue weighted by atomic mass is 16.1. The quantitative estimate of drug-likeness (QED) is 0.475. The molecule has 31 heavy (non-hydrogen) atoms. The van der Waals surface area contributed by atoms with Crippen molar-refractivity contribution in [1.82, 2.24) is 29.3 Å². The molecule has 4 aromatic rings. The summed E-state index contributed by atoms with van der Waals surface area (Å²) < 4.78 is 5.39. The zero-order chi connectivity index (χ0) is 22.0. The Balaban J connectivity index is 1.67. The van der Waals surface area contributed by atoms with E-state index in [0.717, 1.165) is 41.0 Å². The number of benzene rings is 2. The highest BCUT2D eigenvalue weighted by Gasteiger charge is 2.22. The SMILES string of the molecule is CCCn1cc(C(C)(C)C)n(Cc2ccc(-c3ccccc3-n3cnnn3)cc2)c1=O. The molecule has 0 fully saturated rings. The Hall–Kier alpha value is -3.48. The van der Waals surface area contributed by atoms with Gasteiger partial charge in [0, 0.05) is 29.4 Å². The van der Waals surface area contributed by atoms with Gasteiger partial charge in [0.2, 0.25) is 0 Å². The summed E-state index contributed by atoms with van der Waals surface area (Å²) in [7, 11) is 0. The molecule has 0 saturated carbocycles. The number of rotatable bonds is 6. The maximum Gasteiger partial charge on any atom is 0.328 e. The third-order valence-electron chi connectivity index (χ3n) is 5.38. The van der Waals surface area contributed by atoms with Crippen LogP contribution in [0, 0.1) is 0 Å². The molecule has 7 heteroatoms. The summed E-state index contributed by atoms with van der Waals surface area (Å²) in [5.41, 5.74) is 5.13. The van der Waals surface area contributed by atoms with Crippen LogP contribution in [0.25, 0.3) is 16.8 Å². The Morgan fingerprint density at radius 2 is 1.74 bits per heavy atom. The van der Waals surface area contributed by atoms with E-state index in [9.17, 15) is 4.79 Å². The van der Waals surface area contributed by atoms with Gasteiger partial charge in [-0.05, 0) is 34.0 Å². The molecule has 0 aliphatic heterocycles. The maximum absolute atomic E-state index is 13.0. The molecule has 0 atom stereocenters. The topological polar surface area (TPSA) is 70.5 Å². The average Bonchev–Trinajstić information content (AvgIpc) is 3.39. The smallest absolute Gasteiger partial charge is 0.299 e. The fourth-order valence-electron chi connectivity index (χ4n) is 3.84. The van der Waals surface area contributed by atoms with Crippen molar-refractivity contribution in [2.45, 2.75) is 52.6 Å². The Bertz CT molecular complexity index is 1210. The van der Waals surface area contributed by atoms with Crippen LogP contribution in [0.2, 0.25) is 0 Å². The third-order valence-corrected chi connectivity index (χ3v) is 5.38. The second kappa shape index (κ2) is 8.34. The van der Waals surface area contributed by atoms with Crippen molar-refractivity contribution in [2.75, 3.05) is 0 Å². The first-order valence-corrected chi connectivity index (χ1v) is 10.6. The van der Waals surface area contributed by atoms with Gasteiger partial charge in [-0.2, -0.15) is 4.68 Å². The summed E-state index contributed by atoms with van der Waals surface area (Å²) in [6.45, 7) is 9.82. The first kappa shape index (κ1) is 20.8. The molecule has 0 N–H and O–H groups in total. The van der Waals surface area contributed by atoms with Gasteiger partial charge in [0.1, 0.15) is 6.33 Å². The zero-order valence-electron chi connectivity index (χ0n) is 18.5. The maximum atomic E-state index is 13.0. The van der Waals surface area contributed by atoms with E-state index < -0.39 is 0 Å². The summed E-state index contributed by atoms with van der Waals surface area (Å²) in [5.74, 6) is 0. The van der Waals surface area contributed by atoms with Crippen LogP contribution in [0.1, 0.15) is 45.4 Å². The molecule has 2 heterocycles. The minimum Gasteiger partial charge on any atom is -0.299 e. The Labute approximate surface area is 182 Å². The minimum atomic E-state index is -0.108. The summed E-state index contributed by atoms with van der Waals surface area (Å²) in [6.07, 6.45) is 4.54. The zero-order valence-corrected chi connectivity index (χ0v) is 18.5. The van der Waals surface area contributed by atoms with Gasteiger partial charge in [0.25, 0.3) is 0 Å². The molecular formula is C24H28N6O. The summed E-state index contributed by atoms with van der Waals surface area (Å²) >= 11 is 0. The van der Waals surface area contributed by atoms with E-state index in [2.05, 4.69) is 73.6 Å². The van der Waals surface area contributed by atoms with Crippen LogP contribution < -0.4 is 5.69 Å². The molecule has 2 aromatic carbocycles. The first-order chi connectivity index (χ1) is 14.9.